The van der Waals surface area contributed by atoms with Crippen molar-refractivity contribution in [3.8, 4) is 0 Å². The van der Waals surface area contributed by atoms with Gasteiger partial charge in [-0.2, -0.15) is 0 Å². The van der Waals surface area contributed by atoms with Gasteiger partial charge in [-0.25, -0.2) is 0 Å². The highest BCUT2D eigenvalue weighted by Crippen LogP contribution is 2.23. The molecule has 0 aromatic carbocycles. The van der Waals surface area contributed by atoms with E-state index in [2.05, 4.69) is 58.0 Å². The van der Waals surface area contributed by atoms with Crippen LogP contribution in [0.4, 0.5) is 0 Å². The predicted octanol–water partition coefficient (Wildman–Crippen LogP) is 14.6. The first kappa shape index (κ1) is 104. The number of esters is 7. The fourth-order valence-corrected chi connectivity index (χ4v) is 9.77. The maximum atomic E-state index is 11.8. The minimum atomic E-state index is -0.248. The highest BCUT2D eigenvalue weighted by atomic mass is 16.6. The molecule has 2 rings (SSSR count). The van der Waals surface area contributed by atoms with E-state index in [9.17, 15) is 33.6 Å². The number of ether oxygens (including phenoxy) is 7. The van der Waals surface area contributed by atoms with Gasteiger partial charge in [0.2, 0.25) is 0 Å². The Kier molecular flexibility index (Phi) is 53.6. The fourth-order valence-electron chi connectivity index (χ4n) is 9.77. The minimum absolute atomic E-state index is 0.00622. The van der Waals surface area contributed by atoms with Gasteiger partial charge in [-0.15, -0.1) is 0 Å². The van der Waals surface area contributed by atoms with Crippen LogP contribution in [0.25, 0.3) is 0 Å². The van der Waals surface area contributed by atoms with Crippen molar-refractivity contribution in [1.29, 1.82) is 0 Å². The molecule has 2 fully saturated rings. The lowest BCUT2D eigenvalue weighted by molar-refractivity contribution is -0.153. The minimum Gasteiger partial charge on any atom is -0.465 e. The largest absolute Gasteiger partial charge is 0.465 e. The number of hydrogen-bond donors (Lipinski definition) is 7. The lowest BCUT2D eigenvalue weighted by atomic mass is 9.98. The zero-order valence-electron chi connectivity index (χ0n) is 70.6. The van der Waals surface area contributed by atoms with Crippen molar-refractivity contribution >= 4 is 41.8 Å². The number of carbonyl (C=O) groups excluding carboxylic acids is 7. The lowest BCUT2D eigenvalue weighted by Gasteiger charge is -2.27. The normalized spacial score (nSPS) is 16.7. The first-order chi connectivity index (χ1) is 44.7. The summed E-state index contributed by atoms with van der Waals surface area (Å²) in [5.41, 5.74) is -0.394. The van der Waals surface area contributed by atoms with Crippen LogP contribution in [0.1, 0.15) is 340 Å². The van der Waals surface area contributed by atoms with Gasteiger partial charge in [0.05, 0.1) is 24.9 Å². The highest BCUT2D eigenvalue weighted by molar-refractivity contribution is 5.78. The smallest absolute Gasteiger partial charge is 0.323 e. The fraction of sp³-hybridized carbons (Fsp3) is 0.910. The summed E-state index contributed by atoms with van der Waals surface area (Å²) in [5, 5.41) is 22.3. The molecule has 0 heterocycles. The van der Waals surface area contributed by atoms with Crippen LogP contribution in [0.5, 0.6) is 0 Å². The van der Waals surface area contributed by atoms with Crippen LogP contribution >= 0.6 is 0 Å². The Morgan fingerprint density at radius 3 is 0.717 bits per heavy atom. The molecule has 0 saturated heterocycles. The molecule has 0 aromatic rings. The van der Waals surface area contributed by atoms with Crippen molar-refractivity contribution < 1.29 is 66.7 Å². The number of hydrogen-bond acceptors (Lipinski definition) is 21. The molecule has 0 aliphatic heterocycles. The second-order valence-electron chi connectivity index (χ2n) is 34.3. The molecular weight excluding hydrogens is 1260 g/mol. The lowest BCUT2D eigenvalue weighted by Crippen LogP contribution is -2.47. The zero-order valence-corrected chi connectivity index (χ0v) is 70.6. The summed E-state index contributed by atoms with van der Waals surface area (Å²) in [6, 6.07) is -1.65. The van der Waals surface area contributed by atoms with E-state index < -0.39 is 0 Å². The SMILES string of the molecule is CC(C)OC(=O)[C@H](C)NC(C)(C)C.CCC(CC)OC(=O)[C@H](C)NC(C)(C)C.CCOC(=O)[C@H](C)NC(C)(C)C.CC[C@@H](C)OC(=O)[C@H](C)NC(C)(C)C.CC[C@H](C)OC(=O)[C@H](C)NC(C)(C)C.C[C@H](NC(C)(C)C)C(=O)OC1CCCC1.C[C@H](NC(C)(C)C)C(=O)OC1CCCCC1. The standard InChI is InChI=1S/C13H25NO2.C12H23NO2.C12H25NO2.2C11H23NO2.C10H21NO2.C9H19NO2/c1-10(14-13(2,3)4)12(15)16-11-8-6-5-7-9-11;1-9(13-12(2,3)4)11(14)15-10-7-5-6-8-10;1-7-10(8-2)15-11(14)9(3)13-12(4,5)6;2*1-7-8(2)14-10(13)9(3)12-11(4,5)6;1-7(2)13-9(12)8(3)11-10(4,5)6;1-6-12-8(11)7(2)10-9(3,4)5/h10-11,14H,5-9H2,1-4H3;9-10,13H,5-8H2,1-4H3;9-10,13H,7-8H2,1-6H3;2*8-9,12H,7H2,1-6H3;7-8,11H,1-6H3;7,10H,6H2,1-5H3/t10-;2*9-;8-,9+;8-,9-;8-;7-/m0001000/s1. The van der Waals surface area contributed by atoms with Crippen molar-refractivity contribution in [2.24, 2.45) is 0 Å². The van der Waals surface area contributed by atoms with Crippen LogP contribution in [0.3, 0.4) is 0 Å². The van der Waals surface area contributed by atoms with E-state index in [0.29, 0.717) is 6.61 Å². The van der Waals surface area contributed by atoms with E-state index in [1.54, 1.807) is 0 Å². The zero-order chi connectivity index (χ0) is 78.8. The number of carbonyl (C=O) groups is 7. The molecule has 0 amide bonds. The second kappa shape index (κ2) is 51.2. The number of rotatable bonds is 25. The Labute approximate surface area is 607 Å². The summed E-state index contributed by atoms with van der Waals surface area (Å²) >= 11 is 0. The summed E-state index contributed by atoms with van der Waals surface area (Å²) in [6.45, 7) is 73.4. The van der Waals surface area contributed by atoms with Crippen molar-refractivity contribution in [3.63, 3.8) is 0 Å². The van der Waals surface area contributed by atoms with Gasteiger partial charge in [-0.3, -0.25) is 70.8 Å². The molecule has 7 N–H and O–H groups in total. The van der Waals surface area contributed by atoms with Crippen molar-refractivity contribution in [2.75, 3.05) is 6.61 Å². The van der Waals surface area contributed by atoms with Gasteiger partial charge in [-0.05, 0) is 306 Å². The molecule has 99 heavy (non-hydrogen) atoms. The van der Waals surface area contributed by atoms with Crippen LogP contribution in [-0.2, 0) is 66.7 Å². The summed E-state index contributed by atoms with van der Waals surface area (Å²) in [6.07, 6.45) is 14.0. The average Bonchev–Trinajstić information content (AvgIpc) is 1.80. The Bertz CT molecular complexity index is 2090. The van der Waals surface area contributed by atoms with E-state index in [1.165, 1.54) is 32.1 Å². The third kappa shape index (κ3) is 67.0. The Hall–Kier alpha value is -3.99. The average molecular weight is 1420 g/mol. The van der Waals surface area contributed by atoms with Gasteiger partial charge in [0.1, 0.15) is 60.6 Å². The summed E-state index contributed by atoms with van der Waals surface area (Å²) in [4.78, 5) is 80.7. The molecule has 590 valence electrons. The van der Waals surface area contributed by atoms with Gasteiger partial charge >= 0.3 is 41.8 Å². The molecule has 0 unspecified atom stereocenters. The topological polar surface area (TPSA) is 268 Å². The van der Waals surface area contributed by atoms with E-state index in [-0.39, 0.29) is 159 Å². The third-order valence-corrected chi connectivity index (χ3v) is 14.1. The van der Waals surface area contributed by atoms with Gasteiger partial charge < -0.3 is 33.2 Å². The Morgan fingerprint density at radius 1 is 0.293 bits per heavy atom. The first-order valence-electron chi connectivity index (χ1n) is 37.5. The van der Waals surface area contributed by atoms with E-state index in [1.807, 2.05) is 235 Å². The van der Waals surface area contributed by atoms with E-state index in [0.717, 1.165) is 51.4 Å². The van der Waals surface area contributed by atoms with Crippen molar-refractivity contribution in [2.45, 2.75) is 457 Å². The molecule has 9 atom stereocenters. The van der Waals surface area contributed by atoms with Gasteiger partial charge in [0, 0.05) is 38.8 Å². The first-order valence-corrected chi connectivity index (χ1v) is 37.5. The Balaban J connectivity index is -0.000000348. The Morgan fingerprint density at radius 2 is 0.505 bits per heavy atom. The van der Waals surface area contributed by atoms with E-state index >= 15 is 0 Å². The summed E-state index contributed by atoms with van der Waals surface area (Å²) in [5.74, 6) is -1.10. The molecule has 0 radical (unpaired) electrons. The molecule has 0 aromatic heterocycles. The van der Waals surface area contributed by atoms with Gasteiger partial charge in [0.25, 0.3) is 0 Å². The summed E-state index contributed by atoms with van der Waals surface area (Å²) in [7, 11) is 0. The monoisotopic (exact) mass is 1420 g/mol. The van der Waals surface area contributed by atoms with Gasteiger partial charge in [-0.1, -0.05) is 34.1 Å². The molecule has 2 saturated carbocycles. The van der Waals surface area contributed by atoms with Crippen LogP contribution in [0.2, 0.25) is 0 Å². The maximum Gasteiger partial charge on any atom is 0.323 e. The highest BCUT2D eigenvalue weighted by Gasteiger charge is 2.29. The molecule has 0 bridgehead atoms. The molecule has 21 heteroatoms. The quantitative estimate of drug-likeness (QED) is 0.0331. The number of nitrogens with one attached hydrogen (secondary N) is 7. The molecule has 21 nitrogen and oxygen atoms in total. The van der Waals surface area contributed by atoms with Crippen LogP contribution in [0, 0.1) is 0 Å². The summed E-state index contributed by atoms with van der Waals surface area (Å²) < 4.78 is 36.6. The maximum absolute atomic E-state index is 11.8. The second-order valence-corrected chi connectivity index (χ2v) is 34.3. The third-order valence-electron chi connectivity index (χ3n) is 14.1. The van der Waals surface area contributed by atoms with Crippen LogP contribution in [-0.4, -0.2) is 166 Å². The molecule has 0 spiro atoms. The molecular formula is C78H159N7O14. The predicted molar refractivity (Wildman–Crippen MR) is 408 cm³/mol. The molecule has 2 aliphatic carbocycles. The molecule has 2 aliphatic rings. The van der Waals surface area contributed by atoms with Crippen LogP contribution < -0.4 is 37.2 Å². The van der Waals surface area contributed by atoms with Crippen molar-refractivity contribution in [1.82, 2.24) is 37.2 Å². The van der Waals surface area contributed by atoms with E-state index in [4.69, 9.17) is 33.2 Å². The van der Waals surface area contributed by atoms with Crippen molar-refractivity contribution in [3.05, 3.63) is 0 Å². The van der Waals surface area contributed by atoms with Crippen LogP contribution in [0.15, 0.2) is 0 Å². The van der Waals surface area contributed by atoms with Gasteiger partial charge in [0.15, 0.2) is 0 Å².